The van der Waals surface area contributed by atoms with Gasteiger partial charge in [-0.1, -0.05) is 6.07 Å². The molecule has 2 aromatic heterocycles. The first-order chi connectivity index (χ1) is 11.3. The van der Waals surface area contributed by atoms with E-state index in [1.807, 2.05) is 5.38 Å². The molecule has 0 aliphatic carbocycles. The van der Waals surface area contributed by atoms with Gasteiger partial charge in [0, 0.05) is 17.4 Å². The van der Waals surface area contributed by atoms with Crippen molar-refractivity contribution in [3.05, 3.63) is 34.2 Å². The van der Waals surface area contributed by atoms with Crippen molar-refractivity contribution in [3.63, 3.8) is 0 Å². The molecule has 9 heteroatoms. The summed E-state index contributed by atoms with van der Waals surface area (Å²) in [5, 5.41) is 8.68. The lowest BCUT2D eigenvalue weighted by atomic mass is 10.0. The topological polar surface area (TPSA) is 56.2 Å². The van der Waals surface area contributed by atoms with Crippen molar-refractivity contribution < 1.29 is 22.7 Å². The van der Waals surface area contributed by atoms with E-state index in [2.05, 4.69) is 10.4 Å². The Morgan fingerprint density at radius 2 is 2.25 bits per heavy atom. The molecule has 24 heavy (non-hydrogen) atoms. The van der Waals surface area contributed by atoms with Crippen LogP contribution in [0.25, 0.3) is 0 Å². The fourth-order valence-corrected chi connectivity index (χ4v) is 3.41. The molecular formula is C15H16F3N3O2S. The number of hydrogen-bond donors (Lipinski definition) is 1. The molecule has 3 rings (SSSR count). The first kappa shape index (κ1) is 16.8. The van der Waals surface area contributed by atoms with E-state index in [0.29, 0.717) is 0 Å². The summed E-state index contributed by atoms with van der Waals surface area (Å²) in [6.45, 7) is 3.33. The van der Waals surface area contributed by atoms with E-state index >= 15 is 0 Å². The molecule has 5 nitrogen and oxygen atoms in total. The number of nitrogens with zero attached hydrogens (tertiary/aromatic N) is 2. The monoisotopic (exact) mass is 359 g/mol. The molecule has 2 aromatic rings. The summed E-state index contributed by atoms with van der Waals surface area (Å²) in [6, 6.07) is 2.62. The van der Waals surface area contributed by atoms with Crippen molar-refractivity contribution in [3.8, 4) is 0 Å². The number of nitrogens with one attached hydrogen (secondary N) is 1. The normalized spacial score (nSPS) is 20.6. The maximum atomic E-state index is 13.5. The quantitative estimate of drug-likeness (QED) is 0.836. The van der Waals surface area contributed by atoms with Crippen molar-refractivity contribution in [2.45, 2.75) is 44.6 Å². The Bertz CT molecular complexity index is 725. The molecule has 0 aromatic carbocycles. The van der Waals surface area contributed by atoms with Gasteiger partial charge in [0.25, 0.3) is 0 Å². The Morgan fingerprint density at radius 3 is 2.83 bits per heavy atom. The Kier molecular flexibility index (Phi) is 4.29. The largest absolute Gasteiger partial charge is 0.458 e. The van der Waals surface area contributed by atoms with E-state index in [9.17, 15) is 18.0 Å². The summed E-state index contributed by atoms with van der Waals surface area (Å²) in [6.07, 6.45) is -5.02. The van der Waals surface area contributed by atoms with Gasteiger partial charge < -0.3 is 10.1 Å². The van der Waals surface area contributed by atoms with E-state index < -0.39 is 24.2 Å². The lowest BCUT2D eigenvalue weighted by Gasteiger charge is -2.32. The van der Waals surface area contributed by atoms with Crippen LogP contribution >= 0.6 is 11.3 Å². The number of fused-ring (bicyclic) bond motifs is 1. The fourth-order valence-electron chi connectivity index (χ4n) is 2.62. The third-order valence-electron chi connectivity index (χ3n) is 3.63. The highest BCUT2D eigenvalue weighted by molar-refractivity contribution is 7.10. The number of aromatic nitrogens is 2. The van der Waals surface area contributed by atoms with Gasteiger partial charge in [0.15, 0.2) is 11.7 Å². The molecule has 1 aliphatic heterocycles. The van der Waals surface area contributed by atoms with Crippen LogP contribution in [0.1, 0.15) is 47.7 Å². The van der Waals surface area contributed by atoms with Crippen LogP contribution in [0.3, 0.4) is 0 Å². The number of carbonyl (C=O) groups is 1. The first-order valence-corrected chi connectivity index (χ1v) is 8.31. The second-order valence-corrected chi connectivity index (χ2v) is 6.80. The van der Waals surface area contributed by atoms with Crippen LogP contribution in [-0.4, -0.2) is 28.0 Å². The minimum Gasteiger partial charge on any atom is -0.458 e. The maximum absolute atomic E-state index is 13.5. The van der Waals surface area contributed by atoms with Gasteiger partial charge in [-0.3, -0.25) is 0 Å². The Labute approximate surface area is 140 Å². The number of anilines is 1. The van der Waals surface area contributed by atoms with Crippen LogP contribution in [0.4, 0.5) is 19.0 Å². The molecule has 0 amide bonds. The number of alkyl halides is 3. The summed E-state index contributed by atoms with van der Waals surface area (Å²) in [4.78, 5) is 12.7. The van der Waals surface area contributed by atoms with Crippen LogP contribution in [0, 0.1) is 0 Å². The molecule has 130 valence electrons. The second-order valence-electron chi connectivity index (χ2n) is 5.82. The number of carbonyl (C=O) groups excluding carboxylic acids is 1. The first-order valence-electron chi connectivity index (χ1n) is 7.43. The molecule has 0 unspecified atom stereocenters. The van der Waals surface area contributed by atoms with Gasteiger partial charge in [0.05, 0.1) is 12.1 Å². The van der Waals surface area contributed by atoms with E-state index in [4.69, 9.17) is 4.74 Å². The van der Waals surface area contributed by atoms with Gasteiger partial charge >= 0.3 is 12.1 Å². The number of rotatable bonds is 3. The Balaban J connectivity index is 1.95. The lowest BCUT2D eigenvalue weighted by molar-refractivity contribution is -0.173. The number of halogens is 3. The van der Waals surface area contributed by atoms with Crippen molar-refractivity contribution >= 4 is 23.1 Å². The molecule has 1 N–H and O–H groups in total. The van der Waals surface area contributed by atoms with E-state index in [0.717, 1.165) is 9.56 Å². The van der Waals surface area contributed by atoms with Gasteiger partial charge in [0.1, 0.15) is 5.82 Å². The van der Waals surface area contributed by atoms with Crippen molar-refractivity contribution in [1.29, 1.82) is 0 Å². The van der Waals surface area contributed by atoms with Gasteiger partial charge in [-0.15, -0.1) is 11.3 Å². The summed E-state index contributed by atoms with van der Waals surface area (Å²) in [5.74, 6) is -0.569. The zero-order valence-electron chi connectivity index (χ0n) is 13.0. The average molecular weight is 359 g/mol. The Hall–Kier alpha value is -2.03. The van der Waals surface area contributed by atoms with E-state index in [-0.39, 0.29) is 24.0 Å². The van der Waals surface area contributed by atoms with Crippen molar-refractivity contribution in [2.75, 3.05) is 5.32 Å². The molecule has 0 bridgehead atoms. The van der Waals surface area contributed by atoms with E-state index in [1.54, 1.807) is 26.0 Å². The number of esters is 1. The number of thiophene rings is 1. The predicted octanol–water partition coefficient (Wildman–Crippen LogP) is 4.17. The van der Waals surface area contributed by atoms with Crippen LogP contribution in [0.5, 0.6) is 0 Å². The molecule has 0 spiro atoms. The summed E-state index contributed by atoms with van der Waals surface area (Å²) < 4.78 is 46.2. The van der Waals surface area contributed by atoms with Gasteiger partial charge in [-0.05, 0) is 25.3 Å². The third-order valence-corrected chi connectivity index (χ3v) is 4.61. The highest BCUT2D eigenvalue weighted by atomic mass is 32.1. The molecular weight excluding hydrogens is 343 g/mol. The predicted molar refractivity (Wildman–Crippen MR) is 83.2 cm³/mol. The zero-order chi connectivity index (χ0) is 17.5. The molecule has 0 saturated heterocycles. The van der Waals surface area contributed by atoms with Crippen molar-refractivity contribution in [2.24, 2.45) is 0 Å². The second kappa shape index (κ2) is 6.12. The molecule has 0 fully saturated rings. The molecule has 2 atom stereocenters. The highest BCUT2D eigenvalue weighted by Crippen LogP contribution is 2.44. The molecule has 1 aliphatic rings. The SMILES string of the molecule is CC(C)OC(=O)c1cc2n(n1)[C@H](C(F)(F)F)C[C@H](c1cccs1)N2. The molecule has 3 heterocycles. The van der Waals surface area contributed by atoms with Gasteiger partial charge in [0.2, 0.25) is 0 Å². The molecule has 0 saturated carbocycles. The van der Waals surface area contributed by atoms with Gasteiger partial charge in [-0.25, -0.2) is 9.48 Å². The third kappa shape index (κ3) is 3.26. The summed E-state index contributed by atoms with van der Waals surface area (Å²) >= 11 is 1.39. The van der Waals surface area contributed by atoms with Crippen LogP contribution in [-0.2, 0) is 4.74 Å². The smallest absolute Gasteiger partial charge is 0.410 e. The lowest BCUT2D eigenvalue weighted by Crippen LogP contribution is -2.35. The maximum Gasteiger partial charge on any atom is 0.410 e. The zero-order valence-corrected chi connectivity index (χ0v) is 13.8. The summed E-state index contributed by atoms with van der Waals surface area (Å²) in [7, 11) is 0. The van der Waals surface area contributed by atoms with E-state index in [1.165, 1.54) is 17.4 Å². The number of hydrogen-bond acceptors (Lipinski definition) is 5. The van der Waals surface area contributed by atoms with Crippen LogP contribution in [0.2, 0.25) is 0 Å². The standard InChI is InChI=1S/C15H16F3N3O2S/c1-8(2)23-14(22)10-7-13-19-9(11-4-3-5-24-11)6-12(15(16,17)18)21(13)20-10/h3-5,7-9,12,19H,6H2,1-2H3/t9-,12+/m1/s1. The van der Waals surface area contributed by atoms with Crippen LogP contribution in [0.15, 0.2) is 23.6 Å². The minimum absolute atomic E-state index is 0.132. The minimum atomic E-state index is -4.46. The van der Waals surface area contributed by atoms with Crippen molar-refractivity contribution in [1.82, 2.24) is 9.78 Å². The fraction of sp³-hybridized carbons (Fsp3) is 0.467. The van der Waals surface area contributed by atoms with Crippen LogP contribution < -0.4 is 5.32 Å². The molecule has 0 radical (unpaired) electrons. The van der Waals surface area contributed by atoms with Gasteiger partial charge in [-0.2, -0.15) is 18.3 Å². The Morgan fingerprint density at radius 1 is 1.50 bits per heavy atom. The number of ether oxygens (including phenoxy) is 1. The average Bonchev–Trinajstić information content (AvgIpc) is 3.13. The summed E-state index contributed by atoms with van der Waals surface area (Å²) in [5.41, 5.74) is -0.132. The highest BCUT2D eigenvalue weighted by Gasteiger charge is 2.47.